The highest BCUT2D eigenvalue weighted by atomic mass is 19.1. The molecular weight excluding hydrogens is 387 g/mol. The molecule has 162 valence electrons. The number of methoxy groups -OCH3 is 2. The minimum Gasteiger partial charge on any atom is -0.493 e. The third-order valence-electron chi connectivity index (χ3n) is 4.32. The quantitative estimate of drug-likeness (QED) is 0.477. The van der Waals surface area contributed by atoms with Crippen molar-refractivity contribution in [3.05, 3.63) is 59.4 Å². The second kappa shape index (κ2) is 11.2. The summed E-state index contributed by atoms with van der Waals surface area (Å²) in [6.45, 7) is 4.99. The number of nitrogens with zero attached hydrogens (tertiary/aromatic N) is 2. The van der Waals surface area contributed by atoms with E-state index in [1.165, 1.54) is 18.2 Å². The van der Waals surface area contributed by atoms with E-state index in [4.69, 9.17) is 14.2 Å². The molecule has 0 N–H and O–H groups in total. The number of aliphatic imine (C=N–C) groups is 1. The molecule has 0 spiro atoms. The maximum absolute atomic E-state index is 13.4. The number of ether oxygens (including phenoxy) is 3. The predicted octanol–water partition coefficient (Wildman–Crippen LogP) is 4.19. The van der Waals surface area contributed by atoms with E-state index in [1.54, 1.807) is 26.2 Å². The molecule has 1 amide bonds. The summed E-state index contributed by atoms with van der Waals surface area (Å²) < 4.78 is 29.8. The molecular formula is C23H29FN2O4. The fraction of sp³-hybridized carbons (Fsp3) is 0.391. The van der Waals surface area contributed by atoms with Gasteiger partial charge in [0.1, 0.15) is 5.82 Å². The Morgan fingerprint density at radius 3 is 2.47 bits per heavy atom. The van der Waals surface area contributed by atoms with Gasteiger partial charge < -0.3 is 19.1 Å². The summed E-state index contributed by atoms with van der Waals surface area (Å²) in [5, 5.41) is 0. The van der Waals surface area contributed by atoms with Crippen molar-refractivity contribution < 1.29 is 23.4 Å². The van der Waals surface area contributed by atoms with E-state index >= 15 is 0 Å². The van der Waals surface area contributed by atoms with Crippen LogP contribution in [-0.2, 0) is 11.2 Å². The van der Waals surface area contributed by atoms with E-state index < -0.39 is 11.7 Å². The van der Waals surface area contributed by atoms with E-state index in [2.05, 4.69) is 4.99 Å². The molecule has 7 heteroatoms. The zero-order valence-electron chi connectivity index (χ0n) is 18.1. The van der Waals surface area contributed by atoms with Gasteiger partial charge >= 0.3 is 0 Å². The van der Waals surface area contributed by atoms with Crippen LogP contribution < -0.4 is 9.47 Å². The van der Waals surface area contributed by atoms with Crippen molar-refractivity contribution in [2.24, 2.45) is 10.9 Å². The Morgan fingerprint density at radius 2 is 1.83 bits per heavy atom. The highest BCUT2D eigenvalue weighted by molar-refractivity contribution is 6.01. The first-order valence-corrected chi connectivity index (χ1v) is 9.77. The fourth-order valence-corrected chi connectivity index (χ4v) is 2.67. The largest absolute Gasteiger partial charge is 0.493 e. The summed E-state index contributed by atoms with van der Waals surface area (Å²) in [5.41, 5.74) is 1.22. The van der Waals surface area contributed by atoms with Gasteiger partial charge in [-0.25, -0.2) is 4.39 Å². The molecule has 0 bridgehead atoms. The summed E-state index contributed by atoms with van der Waals surface area (Å²) in [4.78, 5) is 18.4. The molecule has 2 aromatic rings. The number of benzene rings is 2. The van der Waals surface area contributed by atoms with Crippen molar-refractivity contribution in [3.63, 3.8) is 0 Å². The van der Waals surface area contributed by atoms with Crippen molar-refractivity contribution >= 4 is 11.9 Å². The van der Waals surface area contributed by atoms with Gasteiger partial charge in [-0.3, -0.25) is 4.79 Å². The van der Waals surface area contributed by atoms with Gasteiger partial charge in [-0.05, 0) is 48.2 Å². The molecule has 0 aliphatic heterocycles. The van der Waals surface area contributed by atoms with Crippen LogP contribution in [0.2, 0.25) is 0 Å². The molecule has 0 aliphatic carbocycles. The van der Waals surface area contributed by atoms with Gasteiger partial charge in [0.15, 0.2) is 11.5 Å². The number of amides is 1. The van der Waals surface area contributed by atoms with Crippen LogP contribution in [0.3, 0.4) is 0 Å². The monoisotopic (exact) mass is 416 g/mol. The third kappa shape index (κ3) is 6.76. The number of halogens is 1. The smallest absolute Gasteiger partial charge is 0.295 e. The van der Waals surface area contributed by atoms with Gasteiger partial charge in [0.2, 0.25) is 0 Å². The first kappa shape index (κ1) is 23.2. The molecule has 0 fully saturated rings. The zero-order chi connectivity index (χ0) is 22.1. The SMILES string of the molecule is COc1ccc(CCN(C)C(=NC(=O)c2cccc(F)c2)OCC(C)C)cc1OC. The van der Waals surface area contributed by atoms with E-state index in [9.17, 15) is 9.18 Å². The summed E-state index contributed by atoms with van der Waals surface area (Å²) >= 11 is 0. The van der Waals surface area contributed by atoms with Crippen molar-refractivity contribution in [1.82, 2.24) is 4.90 Å². The van der Waals surface area contributed by atoms with Crippen molar-refractivity contribution in [1.29, 1.82) is 0 Å². The van der Waals surface area contributed by atoms with Crippen LogP contribution >= 0.6 is 0 Å². The van der Waals surface area contributed by atoms with E-state index in [-0.39, 0.29) is 17.5 Å². The summed E-state index contributed by atoms with van der Waals surface area (Å²) in [7, 11) is 4.99. The maximum atomic E-state index is 13.4. The molecule has 0 heterocycles. The molecule has 0 saturated carbocycles. The van der Waals surface area contributed by atoms with Gasteiger partial charge in [-0.1, -0.05) is 26.0 Å². The highest BCUT2D eigenvalue weighted by Gasteiger charge is 2.15. The standard InChI is InChI=1S/C23H29FN2O4/c1-16(2)15-30-23(25-22(27)18-7-6-8-19(24)14-18)26(3)12-11-17-9-10-20(28-4)21(13-17)29-5/h6-10,13-14,16H,11-12,15H2,1-5H3. The van der Waals surface area contributed by atoms with Crippen LogP contribution in [0.15, 0.2) is 47.5 Å². The highest BCUT2D eigenvalue weighted by Crippen LogP contribution is 2.27. The molecule has 0 saturated heterocycles. The Kier molecular flexibility index (Phi) is 8.65. The molecule has 0 radical (unpaired) electrons. The Hall–Kier alpha value is -3.09. The minimum absolute atomic E-state index is 0.175. The molecule has 0 atom stereocenters. The summed E-state index contributed by atoms with van der Waals surface area (Å²) in [6, 6.07) is 11.4. The average Bonchev–Trinajstić information content (AvgIpc) is 2.74. The van der Waals surface area contributed by atoms with Crippen molar-refractivity contribution in [3.8, 4) is 11.5 Å². The van der Waals surface area contributed by atoms with E-state index in [0.29, 0.717) is 31.1 Å². The Bertz CT molecular complexity index is 883. The number of carbonyl (C=O) groups is 1. The Morgan fingerprint density at radius 1 is 1.10 bits per heavy atom. The van der Waals surface area contributed by atoms with Gasteiger partial charge in [0.05, 0.1) is 20.8 Å². The van der Waals surface area contributed by atoms with Crippen LogP contribution in [0.5, 0.6) is 11.5 Å². The second-order valence-electron chi connectivity index (χ2n) is 7.28. The number of amidine groups is 1. The lowest BCUT2D eigenvalue weighted by Gasteiger charge is -2.22. The van der Waals surface area contributed by atoms with Crippen LogP contribution in [0, 0.1) is 11.7 Å². The maximum Gasteiger partial charge on any atom is 0.295 e. The first-order valence-electron chi connectivity index (χ1n) is 9.77. The minimum atomic E-state index is -0.550. The molecule has 6 nitrogen and oxygen atoms in total. The lowest BCUT2D eigenvalue weighted by molar-refractivity contribution is 0.0992. The van der Waals surface area contributed by atoms with Crippen LogP contribution in [0.25, 0.3) is 0 Å². The number of hydrogen-bond acceptors (Lipinski definition) is 4. The Labute approximate surface area is 177 Å². The lowest BCUT2D eigenvalue weighted by atomic mass is 10.1. The molecule has 0 aromatic heterocycles. The van der Waals surface area contributed by atoms with Crippen molar-refractivity contribution in [2.45, 2.75) is 20.3 Å². The number of likely N-dealkylation sites (N-methyl/N-ethyl adjacent to an activating group) is 1. The zero-order valence-corrected chi connectivity index (χ0v) is 18.1. The number of carbonyl (C=O) groups excluding carboxylic acids is 1. The van der Waals surface area contributed by atoms with Crippen molar-refractivity contribution in [2.75, 3.05) is 34.4 Å². The number of hydrogen-bond donors (Lipinski definition) is 0. The fourth-order valence-electron chi connectivity index (χ4n) is 2.67. The van der Waals surface area contributed by atoms with Gasteiger partial charge in [0.25, 0.3) is 11.9 Å². The molecule has 2 rings (SSSR count). The summed E-state index contributed by atoms with van der Waals surface area (Å²) in [6.07, 6.45) is 0.676. The normalized spacial score (nSPS) is 11.4. The van der Waals surface area contributed by atoms with Gasteiger partial charge in [-0.2, -0.15) is 4.99 Å². The predicted molar refractivity (Wildman–Crippen MR) is 115 cm³/mol. The van der Waals surface area contributed by atoms with E-state index in [0.717, 1.165) is 11.6 Å². The molecule has 0 aliphatic rings. The molecule has 0 unspecified atom stereocenters. The van der Waals surface area contributed by atoms with Crippen LogP contribution in [-0.4, -0.2) is 51.2 Å². The van der Waals surface area contributed by atoms with Crippen LogP contribution in [0.1, 0.15) is 29.8 Å². The van der Waals surface area contributed by atoms with Crippen LogP contribution in [0.4, 0.5) is 4.39 Å². The van der Waals surface area contributed by atoms with Gasteiger partial charge in [0, 0.05) is 19.2 Å². The lowest BCUT2D eigenvalue weighted by Crippen LogP contribution is -2.33. The summed E-state index contributed by atoms with van der Waals surface area (Å²) in [5.74, 6) is 0.550. The Balaban J connectivity index is 2.14. The van der Waals surface area contributed by atoms with E-state index in [1.807, 2.05) is 32.0 Å². The third-order valence-corrected chi connectivity index (χ3v) is 4.32. The topological polar surface area (TPSA) is 60.4 Å². The molecule has 2 aromatic carbocycles. The molecule has 30 heavy (non-hydrogen) atoms. The first-order chi connectivity index (χ1) is 14.3. The number of rotatable bonds is 8. The van der Waals surface area contributed by atoms with Gasteiger partial charge in [-0.15, -0.1) is 0 Å². The second-order valence-corrected chi connectivity index (χ2v) is 7.28. The average molecular weight is 416 g/mol.